The number of carbonyl (C=O) groups is 2. The van der Waals surface area contributed by atoms with Gasteiger partial charge >= 0.3 is 11.9 Å². The minimum atomic E-state index is -1.42. The number of hydrogen-bond donors (Lipinski definition) is 3. The molecular weight excluding hydrogens is 478 g/mol. The predicted molar refractivity (Wildman–Crippen MR) is 130 cm³/mol. The maximum Gasteiger partial charge on any atom is 0.357 e. The van der Waals surface area contributed by atoms with Gasteiger partial charge in [-0.2, -0.15) is 0 Å². The Bertz CT molecular complexity index is 1310. The number of aliphatic hydroxyl groups is 2. The Labute approximate surface area is 213 Å². The number of aliphatic hydroxyl groups excluding tert-OH is 1. The van der Waals surface area contributed by atoms with E-state index in [0.29, 0.717) is 30.7 Å². The van der Waals surface area contributed by atoms with Gasteiger partial charge in [0.05, 0.1) is 11.0 Å². The predicted octanol–water partition coefficient (Wildman–Crippen LogP) is 1.88. The molecule has 37 heavy (non-hydrogen) atoms. The fourth-order valence-corrected chi connectivity index (χ4v) is 6.70. The molecule has 9 heteroatoms. The van der Waals surface area contributed by atoms with Crippen molar-refractivity contribution in [3.05, 3.63) is 71.0 Å². The maximum atomic E-state index is 13.5. The Morgan fingerprint density at radius 3 is 2.65 bits per heavy atom. The second-order valence-corrected chi connectivity index (χ2v) is 10.4. The number of benzene rings is 2. The standard InChI is InChI=1S/C28H29NO8/c1-15(30)25(32)37-22(16-6-4-3-5-7-16)26(33)35-19-10-11-28(34)20-14-17-8-9-18(31)23-21(17)27(28,24(19)36-23)12-13-29(20)2/h3-10,15,20,22,24,30-31,34H,11-14H2,1-2H3/t15-,20+,22-,24-,27-,28+/m0/s1. The quantitative estimate of drug-likeness (QED) is 0.520. The molecule has 0 unspecified atom stereocenters. The van der Waals surface area contributed by atoms with Gasteiger partial charge in [-0.15, -0.1) is 0 Å². The van der Waals surface area contributed by atoms with Gasteiger partial charge in [0.15, 0.2) is 17.6 Å². The van der Waals surface area contributed by atoms with E-state index in [2.05, 4.69) is 4.90 Å². The largest absolute Gasteiger partial charge is 0.504 e. The summed E-state index contributed by atoms with van der Waals surface area (Å²) in [5, 5.41) is 32.5. The van der Waals surface area contributed by atoms with Gasteiger partial charge in [0, 0.05) is 23.6 Å². The van der Waals surface area contributed by atoms with Crippen molar-refractivity contribution >= 4 is 11.9 Å². The first kappa shape index (κ1) is 24.0. The van der Waals surface area contributed by atoms with Crippen molar-refractivity contribution in [3.63, 3.8) is 0 Å². The summed E-state index contributed by atoms with van der Waals surface area (Å²) >= 11 is 0. The molecule has 9 nitrogen and oxygen atoms in total. The Balaban J connectivity index is 1.39. The fourth-order valence-electron chi connectivity index (χ4n) is 6.70. The van der Waals surface area contributed by atoms with Crippen LogP contribution in [0.15, 0.2) is 54.3 Å². The topological polar surface area (TPSA) is 126 Å². The fraction of sp³-hybridized carbons (Fsp3) is 0.429. The molecule has 0 radical (unpaired) electrons. The average Bonchev–Trinajstić information content (AvgIpc) is 3.24. The highest BCUT2D eigenvalue weighted by molar-refractivity contribution is 5.83. The van der Waals surface area contributed by atoms with Gasteiger partial charge < -0.3 is 34.4 Å². The molecule has 0 aromatic heterocycles. The summed E-state index contributed by atoms with van der Waals surface area (Å²) < 4.78 is 17.5. The molecule has 1 spiro atoms. The number of phenols is 1. The number of ether oxygens (including phenoxy) is 3. The highest BCUT2D eigenvalue weighted by Gasteiger charge is 2.72. The number of likely N-dealkylation sites (tertiary alicyclic amines) is 1. The molecule has 4 aliphatic rings. The SMILES string of the molecule is C[C@H](O)C(=O)O[C@H](C(=O)OC1=CC[C@@]2(O)[C@H]3Cc4ccc(O)c5c4[C@@]2(CCN3C)[C@H]1O5)c1ccccc1. The highest BCUT2D eigenvalue weighted by atomic mass is 16.6. The van der Waals surface area contributed by atoms with E-state index in [0.717, 1.165) is 11.1 Å². The average molecular weight is 508 g/mol. The Kier molecular flexibility index (Phi) is 5.38. The normalized spacial score (nSPS) is 30.9. The molecule has 2 heterocycles. The Morgan fingerprint density at radius 1 is 1.16 bits per heavy atom. The third-order valence-electron chi connectivity index (χ3n) is 8.46. The molecule has 3 N–H and O–H groups in total. The number of nitrogens with zero attached hydrogens (tertiary/aromatic N) is 1. The van der Waals surface area contributed by atoms with Crippen LogP contribution >= 0.6 is 0 Å². The van der Waals surface area contributed by atoms with Gasteiger partial charge in [-0.05, 0) is 51.1 Å². The first-order valence-electron chi connectivity index (χ1n) is 12.5. The van der Waals surface area contributed by atoms with Crippen molar-refractivity contribution < 1.29 is 39.1 Å². The molecule has 6 rings (SSSR count). The minimum absolute atomic E-state index is 0.0269. The van der Waals surface area contributed by atoms with Gasteiger partial charge in [0.2, 0.25) is 6.10 Å². The zero-order valence-corrected chi connectivity index (χ0v) is 20.6. The molecule has 0 saturated carbocycles. The first-order valence-corrected chi connectivity index (χ1v) is 12.5. The van der Waals surface area contributed by atoms with Crippen molar-refractivity contribution in [2.75, 3.05) is 13.6 Å². The van der Waals surface area contributed by atoms with Crippen LogP contribution in [0.3, 0.4) is 0 Å². The first-order chi connectivity index (χ1) is 17.7. The van der Waals surface area contributed by atoms with Gasteiger partial charge in [-0.3, -0.25) is 0 Å². The molecular formula is C28H29NO8. The highest BCUT2D eigenvalue weighted by Crippen LogP contribution is 2.65. The van der Waals surface area contributed by atoms with E-state index in [9.17, 15) is 24.9 Å². The summed E-state index contributed by atoms with van der Waals surface area (Å²) in [6.45, 7) is 1.95. The number of aromatic hydroxyl groups is 1. The molecule has 2 aliphatic carbocycles. The maximum absolute atomic E-state index is 13.5. The molecule has 1 fully saturated rings. The van der Waals surface area contributed by atoms with Gasteiger partial charge in [-0.1, -0.05) is 36.4 Å². The zero-order chi connectivity index (χ0) is 26.1. The van der Waals surface area contributed by atoms with Gasteiger partial charge in [-0.25, -0.2) is 9.59 Å². The van der Waals surface area contributed by atoms with E-state index >= 15 is 0 Å². The van der Waals surface area contributed by atoms with E-state index in [1.54, 1.807) is 42.5 Å². The molecule has 2 aliphatic heterocycles. The molecule has 2 bridgehead atoms. The Hall–Kier alpha value is -3.40. The number of piperidine rings is 1. The number of likely N-dealkylation sites (N-methyl/N-ethyl adjacent to an activating group) is 1. The summed E-state index contributed by atoms with van der Waals surface area (Å²) in [5.41, 5.74) is 0.0716. The third kappa shape index (κ3) is 3.27. The van der Waals surface area contributed by atoms with Crippen LogP contribution in [0.4, 0.5) is 0 Å². The van der Waals surface area contributed by atoms with Crippen LogP contribution in [0.1, 0.15) is 42.6 Å². The third-order valence-corrected chi connectivity index (χ3v) is 8.46. The van der Waals surface area contributed by atoms with Crippen LogP contribution in [0.5, 0.6) is 11.5 Å². The monoisotopic (exact) mass is 507 g/mol. The van der Waals surface area contributed by atoms with E-state index in [1.807, 2.05) is 13.1 Å². The lowest BCUT2D eigenvalue weighted by Crippen LogP contribution is -2.74. The lowest BCUT2D eigenvalue weighted by atomic mass is 9.50. The van der Waals surface area contributed by atoms with E-state index in [1.165, 1.54) is 6.92 Å². The number of carbonyl (C=O) groups excluding carboxylic acids is 2. The lowest BCUT2D eigenvalue weighted by Gasteiger charge is -2.61. The number of hydrogen-bond acceptors (Lipinski definition) is 9. The molecule has 2 aromatic rings. The lowest BCUT2D eigenvalue weighted by molar-refractivity contribution is -0.178. The summed E-state index contributed by atoms with van der Waals surface area (Å²) in [6, 6.07) is 11.7. The minimum Gasteiger partial charge on any atom is -0.504 e. The van der Waals surface area contributed by atoms with Crippen molar-refractivity contribution in [1.29, 1.82) is 0 Å². The van der Waals surface area contributed by atoms with Crippen LogP contribution in [-0.2, 0) is 30.9 Å². The van der Waals surface area contributed by atoms with Gasteiger partial charge in [0.1, 0.15) is 11.9 Å². The van der Waals surface area contributed by atoms with E-state index in [4.69, 9.17) is 14.2 Å². The molecule has 194 valence electrons. The summed E-state index contributed by atoms with van der Waals surface area (Å²) in [4.78, 5) is 27.8. The van der Waals surface area contributed by atoms with Crippen LogP contribution in [-0.4, -0.2) is 69.6 Å². The van der Waals surface area contributed by atoms with Crippen LogP contribution < -0.4 is 4.74 Å². The van der Waals surface area contributed by atoms with E-state index < -0.39 is 41.3 Å². The van der Waals surface area contributed by atoms with Crippen LogP contribution in [0.2, 0.25) is 0 Å². The second-order valence-electron chi connectivity index (χ2n) is 10.4. The van der Waals surface area contributed by atoms with Crippen molar-refractivity contribution in [2.24, 2.45) is 0 Å². The van der Waals surface area contributed by atoms with E-state index in [-0.39, 0.29) is 24.0 Å². The number of rotatable bonds is 5. The summed E-state index contributed by atoms with van der Waals surface area (Å²) in [6.07, 6.45) is -0.638. The van der Waals surface area contributed by atoms with Crippen molar-refractivity contribution in [3.8, 4) is 11.5 Å². The zero-order valence-electron chi connectivity index (χ0n) is 20.6. The molecule has 2 aromatic carbocycles. The number of phenolic OH excluding ortho intramolecular Hbond substituents is 1. The van der Waals surface area contributed by atoms with Gasteiger partial charge in [0.25, 0.3) is 0 Å². The molecule has 1 saturated heterocycles. The van der Waals surface area contributed by atoms with Crippen LogP contribution in [0.25, 0.3) is 0 Å². The summed E-state index contributed by atoms with van der Waals surface area (Å²) in [7, 11) is 1.99. The smallest absolute Gasteiger partial charge is 0.357 e. The molecule has 0 amide bonds. The van der Waals surface area contributed by atoms with Crippen molar-refractivity contribution in [1.82, 2.24) is 4.90 Å². The number of esters is 2. The second kappa shape index (κ2) is 8.31. The molecule has 6 atom stereocenters. The van der Waals surface area contributed by atoms with Crippen molar-refractivity contribution in [2.45, 2.75) is 61.6 Å². The Morgan fingerprint density at radius 2 is 1.92 bits per heavy atom. The van der Waals surface area contributed by atoms with Crippen LogP contribution in [0, 0.1) is 0 Å². The summed E-state index contributed by atoms with van der Waals surface area (Å²) in [5.74, 6) is -1.32.